The number of H-pyrrole nitrogens is 1. The van der Waals surface area contributed by atoms with E-state index >= 15 is 0 Å². The van der Waals surface area contributed by atoms with E-state index in [4.69, 9.17) is 9.47 Å². The van der Waals surface area contributed by atoms with Crippen molar-refractivity contribution in [1.29, 1.82) is 0 Å². The first-order chi connectivity index (χ1) is 15.2. The van der Waals surface area contributed by atoms with Gasteiger partial charge >= 0.3 is 0 Å². The van der Waals surface area contributed by atoms with E-state index < -0.39 is 0 Å². The van der Waals surface area contributed by atoms with Crippen LogP contribution in [0.25, 0.3) is 10.9 Å². The zero-order chi connectivity index (χ0) is 21.2. The number of quaternary nitrogens is 1. The summed E-state index contributed by atoms with van der Waals surface area (Å²) in [5.41, 5.74) is 2.69. The number of hydrogen-bond acceptors (Lipinski definition) is 6. The van der Waals surface area contributed by atoms with Gasteiger partial charge in [-0.1, -0.05) is 13.0 Å². The molecule has 2 aliphatic heterocycles. The van der Waals surface area contributed by atoms with Crippen LogP contribution in [0.2, 0.25) is 0 Å². The fourth-order valence-corrected chi connectivity index (χ4v) is 4.70. The molecule has 3 aromatic rings. The highest BCUT2D eigenvalue weighted by molar-refractivity contribution is 5.79. The maximum Gasteiger partial charge on any atom is 0.258 e. The maximum atomic E-state index is 13.2. The molecule has 0 unspecified atom stereocenters. The van der Waals surface area contributed by atoms with Crippen molar-refractivity contribution < 1.29 is 14.4 Å². The van der Waals surface area contributed by atoms with Crippen LogP contribution in [-0.2, 0) is 22.4 Å². The lowest BCUT2D eigenvalue weighted by molar-refractivity contribution is -0.933. The molecule has 2 aromatic heterocycles. The lowest BCUT2D eigenvalue weighted by Crippen LogP contribution is -3.14. The number of nitrogens with zero attached hydrogens (tertiary/aromatic N) is 4. The Morgan fingerprint density at radius 2 is 2.13 bits per heavy atom. The van der Waals surface area contributed by atoms with Crippen LogP contribution in [0.4, 0.5) is 0 Å². The predicted octanol–water partition coefficient (Wildman–Crippen LogP) is 0.261. The first-order valence-corrected chi connectivity index (χ1v) is 11.2. The van der Waals surface area contributed by atoms with Gasteiger partial charge in [0.15, 0.2) is 6.04 Å². The van der Waals surface area contributed by atoms with Crippen LogP contribution in [0.15, 0.2) is 29.1 Å². The van der Waals surface area contributed by atoms with Gasteiger partial charge in [-0.05, 0) is 58.8 Å². The summed E-state index contributed by atoms with van der Waals surface area (Å²) in [4.78, 5) is 17.5. The first-order valence-electron chi connectivity index (χ1n) is 11.2. The predicted molar refractivity (Wildman–Crippen MR) is 114 cm³/mol. The van der Waals surface area contributed by atoms with Crippen LogP contribution in [0.5, 0.6) is 0 Å². The molecule has 0 radical (unpaired) electrons. The molecule has 164 valence electrons. The summed E-state index contributed by atoms with van der Waals surface area (Å²) in [6.07, 6.45) is 3.13. The van der Waals surface area contributed by atoms with Crippen molar-refractivity contribution in [2.24, 2.45) is 0 Å². The minimum atomic E-state index is -0.265. The van der Waals surface area contributed by atoms with Gasteiger partial charge in [-0.2, -0.15) is 0 Å². The maximum absolute atomic E-state index is 13.2. The fraction of sp³-hybridized carbons (Fsp3) is 0.545. The van der Waals surface area contributed by atoms with E-state index in [0.29, 0.717) is 31.1 Å². The van der Waals surface area contributed by atoms with Crippen molar-refractivity contribution in [1.82, 2.24) is 25.2 Å². The van der Waals surface area contributed by atoms with Gasteiger partial charge in [0.1, 0.15) is 13.1 Å². The highest BCUT2D eigenvalue weighted by atomic mass is 16.5. The van der Waals surface area contributed by atoms with Crippen LogP contribution < -0.4 is 10.5 Å². The van der Waals surface area contributed by atoms with E-state index in [2.05, 4.69) is 39.6 Å². The Morgan fingerprint density at radius 3 is 2.90 bits per heavy atom. The molecule has 2 N–H and O–H groups in total. The quantitative estimate of drug-likeness (QED) is 0.588. The lowest BCUT2D eigenvalue weighted by Gasteiger charge is -2.30. The monoisotopic (exact) mass is 425 g/mol. The van der Waals surface area contributed by atoms with Crippen LogP contribution in [-0.4, -0.2) is 64.2 Å². The van der Waals surface area contributed by atoms with Gasteiger partial charge in [0, 0.05) is 12.1 Å². The number of nitrogens with one attached hydrogen (secondary N) is 2. The highest BCUT2D eigenvalue weighted by Crippen LogP contribution is 2.21. The number of aromatic amines is 1. The third-order valence-corrected chi connectivity index (χ3v) is 6.42. The molecule has 2 aliphatic rings. The fourth-order valence-electron chi connectivity index (χ4n) is 4.70. The van der Waals surface area contributed by atoms with E-state index in [-0.39, 0.29) is 17.7 Å². The van der Waals surface area contributed by atoms with Crippen molar-refractivity contribution in [2.45, 2.75) is 44.9 Å². The number of fused-ring (bicyclic) bond motifs is 1. The van der Waals surface area contributed by atoms with Crippen molar-refractivity contribution in [3.05, 3.63) is 51.6 Å². The number of ether oxygens (including phenoxy) is 2. The molecule has 1 aromatic carbocycles. The Hall–Kier alpha value is -2.62. The Morgan fingerprint density at radius 1 is 1.26 bits per heavy atom. The van der Waals surface area contributed by atoms with Crippen LogP contribution in [0.1, 0.15) is 42.8 Å². The van der Waals surface area contributed by atoms with E-state index in [1.54, 1.807) is 0 Å². The minimum Gasteiger partial charge on any atom is -0.376 e. The summed E-state index contributed by atoms with van der Waals surface area (Å²) in [5.74, 6) is 0.712. The molecule has 0 aliphatic carbocycles. The van der Waals surface area contributed by atoms with Crippen LogP contribution in [0, 0.1) is 0 Å². The topological polar surface area (TPSA) is 99.4 Å². The Bertz CT molecular complexity index is 1100. The summed E-state index contributed by atoms with van der Waals surface area (Å²) in [5, 5.41) is 13.7. The Balaban J connectivity index is 1.59. The molecule has 31 heavy (non-hydrogen) atoms. The molecule has 0 bridgehead atoms. The zero-order valence-corrected chi connectivity index (χ0v) is 17.8. The van der Waals surface area contributed by atoms with Gasteiger partial charge in [0.05, 0.1) is 31.4 Å². The second kappa shape index (κ2) is 8.86. The molecular formula is C22H29N6O3+. The summed E-state index contributed by atoms with van der Waals surface area (Å²) in [6, 6.07) is 7.95. The second-order valence-corrected chi connectivity index (χ2v) is 8.39. The van der Waals surface area contributed by atoms with Crippen molar-refractivity contribution >= 4 is 10.9 Å². The molecule has 2 fully saturated rings. The number of aromatic nitrogens is 5. The van der Waals surface area contributed by atoms with Crippen molar-refractivity contribution in [3.8, 4) is 0 Å². The van der Waals surface area contributed by atoms with Crippen LogP contribution >= 0.6 is 0 Å². The average Bonchev–Trinajstić information content (AvgIpc) is 3.48. The largest absolute Gasteiger partial charge is 0.376 e. The van der Waals surface area contributed by atoms with Gasteiger partial charge in [-0.3, -0.25) is 4.79 Å². The number of rotatable bonds is 6. The van der Waals surface area contributed by atoms with Gasteiger partial charge in [0.2, 0.25) is 5.82 Å². The molecule has 0 spiro atoms. The second-order valence-electron chi connectivity index (χ2n) is 8.39. The molecule has 9 heteroatoms. The SMILES string of the molecule is CCc1ccc2[nH]c(=O)c([C@@H](c3nnnn3C[C@@H]3CCCO3)[NH+]3CCOCC3)cc2c1. The molecular weight excluding hydrogens is 396 g/mol. The number of tetrazole rings is 1. The van der Waals surface area contributed by atoms with Gasteiger partial charge in [-0.15, -0.1) is 5.10 Å². The van der Waals surface area contributed by atoms with Gasteiger partial charge in [-0.25, -0.2) is 4.68 Å². The number of benzene rings is 1. The third-order valence-electron chi connectivity index (χ3n) is 6.42. The average molecular weight is 426 g/mol. The standard InChI is InChI=1S/C22H28N6O3/c1-2-15-5-6-19-16(12-15)13-18(22(29)23-19)20(27-7-10-30-11-8-27)21-24-25-26-28(21)14-17-4-3-9-31-17/h5-6,12-13,17,20H,2-4,7-11,14H2,1H3,(H,23,29)/p+1/t17-,20-/m0/s1. The first kappa shape index (κ1) is 20.3. The zero-order valence-electron chi connectivity index (χ0n) is 17.8. The minimum absolute atomic E-state index is 0.0904. The molecule has 0 amide bonds. The summed E-state index contributed by atoms with van der Waals surface area (Å²) < 4.78 is 13.2. The molecule has 5 rings (SSSR count). The van der Waals surface area contributed by atoms with E-state index in [0.717, 1.165) is 49.9 Å². The van der Waals surface area contributed by atoms with Gasteiger partial charge in [0.25, 0.3) is 5.56 Å². The summed E-state index contributed by atoms with van der Waals surface area (Å²) in [7, 11) is 0. The molecule has 4 heterocycles. The van der Waals surface area contributed by atoms with E-state index in [9.17, 15) is 4.79 Å². The highest BCUT2D eigenvalue weighted by Gasteiger charge is 2.35. The number of hydrogen-bond donors (Lipinski definition) is 2. The molecule has 0 saturated carbocycles. The van der Waals surface area contributed by atoms with Crippen LogP contribution in [0.3, 0.4) is 0 Å². The van der Waals surface area contributed by atoms with Crippen molar-refractivity contribution in [3.63, 3.8) is 0 Å². The molecule has 2 saturated heterocycles. The van der Waals surface area contributed by atoms with Gasteiger partial charge < -0.3 is 19.4 Å². The Kier molecular flexibility index (Phi) is 5.80. The summed E-state index contributed by atoms with van der Waals surface area (Å²) >= 11 is 0. The third kappa shape index (κ3) is 4.13. The number of morpholine rings is 1. The lowest BCUT2D eigenvalue weighted by atomic mass is 10.0. The summed E-state index contributed by atoms with van der Waals surface area (Å²) in [6.45, 7) is 6.43. The smallest absolute Gasteiger partial charge is 0.258 e. The van der Waals surface area contributed by atoms with E-state index in [1.807, 2.05) is 16.8 Å². The number of aryl methyl sites for hydroxylation is 1. The normalized spacial score (nSPS) is 21.0. The molecule has 9 nitrogen and oxygen atoms in total. The molecule has 2 atom stereocenters. The van der Waals surface area contributed by atoms with E-state index in [1.165, 1.54) is 10.5 Å². The van der Waals surface area contributed by atoms with Crippen molar-refractivity contribution in [2.75, 3.05) is 32.9 Å². The Labute approximate surface area is 180 Å². The number of pyridine rings is 1.